The van der Waals surface area contributed by atoms with E-state index in [1.165, 1.54) is 6.20 Å². The van der Waals surface area contributed by atoms with Crippen molar-refractivity contribution in [2.45, 2.75) is 0 Å². The van der Waals surface area contributed by atoms with Crippen molar-refractivity contribution >= 4 is 17.4 Å². The van der Waals surface area contributed by atoms with Crippen molar-refractivity contribution in [1.29, 1.82) is 5.26 Å². The Hall–Kier alpha value is -1.31. The summed E-state index contributed by atoms with van der Waals surface area (Å²) < 4.78 is 0. The molecule has 0 aliphatic heterocycles. The standard InChI is InChI=1S/C8H9ClN4/c9-7-6(5-11)1-3-12-8(7)13-4-2-10/h1,3H,2,4,10H2,(H,12,13). The van der Waals surface area contributed by atoms with E-state index in [2.05, 4.69) is 10.3 Å². The number of nitriles is 1. The van der Waals surface area contributed by atoms with Crippen molar-refractivity contribution in [3.05, 3.63) is 22.8 Å². The van der Waals surface area contributed by atoms with E-state index in [0.29, 0.717) is 29.5 Å². The number of hydrogen-bond acceptors (Lipinski definition) is 4. The van der Waals surface area contributed by atoms with E-state index in [1.807, 2.05) is 6.07 Å². The summed E-state index contributed by atoms with van der Waals surface area (Å²) in [5.41, 5.74) is 5.71. The molecule has 4 nitrogen and oxygen atoms in total. The molecule has 0 saturated heterocycles. The van der Waals surface area contributed by atoms with Crippen LogP contribution in [0.4, 0.5) is 5.82 Å². The molecule has 1 aromatic heterocycles. The first-order valence-electron chi connectivity index (χ1n) is 3.78. The van der Waals surface area contributed by atoms with E-state index in [1.54, 1.807) is 6.07 Å². The molecule has 0 spiro atoms. The summed E-state index contributed by atoms with van der Waals surface area (Å²) >= 11 is 5.86. The number of nitrogens with one attached hydrogen (secondary N) is 1. The van der Waals surface area contributed by atoms with Crippen LogP contribution in [0.25, 0.3) is 0 Å². The smallest absolute Gasteiger partial charge is 0.146 e. The van der Waals surface area contributed by atoms with Crippen LogP contribution in [0.2, 0.25) is 5.02 Å². The largest absolute Gasteiger partial charge is 0.368 e. The number of halogens is 1. The molecular formula is C8H9ClN4. The molecule has 0 amide bonds. The molecule has 1 aromatic rings. The molecular weight excluding hydrogens is 188 g/mol. The van der Waals surface area contributed by atoms with Crippen LogP contribution in [0.5, 0.6) is 0 Å². The highest BCUT2D eigenvalue weighted by Crippen LogP contribution is 2.22. The molecule has 0 aliphatic rings. The van der Waals surface area contributed by atoms with Crippen LogP contribution >= 0.6 is 11.6 Å². The number of pyridine rings is 1. The number of nitrogens with two attached hydrogens (primary N) is 1. The second-order valence-corrected chi connectivity index (χ2v) is 2.73. The SMILES string of the molecule is N#Cc1ccnc(NCCN)c1Cl. The van der Waals surface area contributed by atoms with Crippen LogP contribution in [0.3, 0.4) is 0 Å². The first-order chi connectivity index (χ1) is 6.29. The molecule has 0 atom stereocenters. The third-order valence-corrected chi connectivity index (χ3v) is 1.83. The fourth-order valence-corrected chi connectivity index (χ4v) is 1.06. The lowest BCUT2D eigenvalue weighted by atomic mass is 10.3. The predicted octanol–water partition coefficient (Wildman–Crippen LogP) is 0.977. The van der Waals surface area contributed by atoms with Gasteiger partial charge in [-0.2, -0.15) is 5.26 Å². The van der Waals surface area contributed by atoms with Gasteiger partial charge in [0.1, 0.15) is 16.9 Å². The van der Waals surface area contributed by atoms with Gasteiger partial charge in [0, 0.05) is 19.3 Å². The predicted molar refractivity (Wildman–Crippen MR) is 51.5 cm³/mol. The van der Waals surface area contributed by atoms with Crippen LogP contribution in [-0.2, 0) is 0 Å². The van der Waals surface area contributed by atoms with E-state index < -0.39 is 0 Å². The van der Waals surface area contributed by atoms with E-state index in [0.717, 1.165) is 0 Å². The molecule has 3 N–H and O–H groups in total. The van der Waals surface area contributed by atoms with Crippen molar-refractivity contribution in [2.75, 3.05) is 18.4 Å². The quantitative estimate of drug-likeness (QED) is 0.756. The van der Waals surface area contributed by atoms with Gasteiger partial charge in [-0.25, -0.2) is 4.98 Å². The minimum Gasteiger partial charge on any atom is -0.368 e. The fourth-order valence-electron chi connectivity index (χ4n) is 0.844. The summed E-state index contributed by atoms with van der Waals surface area (Å²) in [6, 6.07) is 3.53. The lowest BCUT2D eigenvalue weighted by molar-refractivity contribution is 1.01. The Balaban J connectivity index is 2.90. The maximum absolute atomic E-state index is 8.65. The minimum atomic E-state index is 0.346. The van der Waals surface area contributed by atoms with Crippen molar-refractivity contribution < 1.29 is 0 Å². The molecule has 0 saturated carbocycles. The highest BCUT2D eigenvalue weighted by atomic mass is 35.5. The molecule has 1 rings (SSSR count). The zero-order valence-corrected chi connectivity index (χ0v) is 7.67. The van der Waals surface area contributed by atoms with Crippen molar-refractivity contribution in [3.63, 3.8) is 0 Å². The maximum atomic E-state index is 8.65. The Morgan fingerprint density at radius 2 is 2.46 bits per heavy atom. The van der Waals surface area contributed by atoms with Crippen LogP contribution in [0, 0.1) is 11.3 Å². The lowest BCUT2D eigenvalue weighted by Crippen LogP contribution is -2.14. The Kier molecular flexibility index (Phi) is 3.50. The number of anilines is 1. The van der Waals surface area contributed by atoms with Gasteiger partial charge in [-0.1, -0.05) is 11.6 Å². The number of aromatic nitrogens is 1. The molecule has 1 heterocycles. The van der Waals surface area contributed by atoms with Gasteiger partial charge in [-0.05, 0) is 6.07 Å². The van der Waals surface area contributed by atoms with Crippen LogP contribution < -0.4 is 11.1 Å². The topological polar surface area (TPSA) is 74.7 Å². The molecule has 0 bridgehead atoms. The van der Waals surface area contributed by atoms with Crippen LogP contribution in [0.15, 0.2) is 12.3 Å². The monoisotopic (exact) mass is 196 g/mol. The van der Waals surface area contributed by atoms with Crippen molar-refractivity contribution in [1.82, 2.24) is 4.98 Å². The summed E-state index contributed by atoms with van der Waals surface area (Å²) in [7, 11) is 0. The second kappa shape index (κ2) is 4.65. The van der Waals surface area contributed by atoms with Gasteiger partial charge in [0.2, 0.25) is 0 Å². The number of hydrogen-bond donors (Lipinski definition) is 2. The summed E-state index contributed by atoms with van der Waals surface area (Å²) in [4.78, 5) is 3.97. The van der Waals surface area contributed by atoms with E-state index in [4.69, 9.17) is 22.6 Å². The third-order valence-electron chi connectivity index (χ3n) is 1.45. The molecule has 5 heteroatoms. The van der Waals surface area contributed by atoms with Gasteiger partial charge in [0.25, 0.3) is 0 Å². The fraction of sp³-hybridized carbons (Fsp3) is 0.250. The Bertz CT molecular complexity index is 331. The molecule has 0 unspecified atom stereocenters. The molecule has 13 heavy (non-hydrogen) atoms. The molecule has 0 radical (unpaired) electrons. The highest BCUT2D eigenvalue weighted by molar-refractivity contribution is 6.34. The molecule has 68 valence electrons. The average Bonchev–Trinajstić information content (AvgIpc) is 2.16. The van der Waals surface area contributed by atoms with Crippen LogP contribution in [-0.4, -0.2) is 18.1 Å². The maximum Gasteiger partial charge on any atom is 0.146 e. The highest BCUT2D eigenvalue weighted by Gasteiger charge is 2.05. The van der Waals surface area contributed by atoms with Gasteiger partial charge in [-0.3, -0.25) is 0 Å². The summed E-state index contributed by atoms with van der Waals surface area (Å²) in [6.45, 7) is 1.08. The van der Waals surface area contributed by atoms with E-state index >= 15 is 0 Å². The Morgan fingerprint density at radius 3 is 3.08 bits per heavy atom. The van der Waals surface area contributed by atoms with E-state index in [9.17, 15) is 0 Å². The van der Waals surface area contributed by atoms with Crippen molar-refractivity contribution in [3.8, 4) is 6.07 Å². The number of nitrogens with zero attached hydrogens (tertiary/aromatic N) is 2. The Morgan fingerprint density at radius 1 is 1.69 bits per heavy atom. The first kappa shape index (κ1) is 9.78. The molecule has 0 aliphatic carbocycles. The average molecular weight is 197 g/mol. The summed E-state index contributed by atoms with van der Waals surface area (Å²) in [5, 5.41) is 11.9. The van der Waals surface area contributed by atoms with E-state index in [-0.39, 0.29) is 0 Å². The lowest BCUT2D eigenvalue weighted by Gasteiger charge is -2.05. The van der Waals surface area contributed by atoms with Crippen LogP contribution in [0.1, 0.15) is 5.56 Å². The second-order valence-electron chi connectivity index (χ2n) is 2.35. The third kappa shape index (κ3) is 2.31. The molecule has 0 aromatic carbocycles. The van der Waals surface area contributed by atoms with Crippen molar-refractivity contribution in [2.24, 2.45) is 5.73 Å². The Labute approximate surface area is 81.3 Å². The zero-order valence-electron chi connectivity index (χ0n) is 6.92. The minimum absolute atomic E-state index is 0.346. The number of rotatable bonds is 3. The summed E-state index contributed by atoms with van der Waals surface area (Å²) in [5.74, 6) is 0.506. The first-order valence-corrected chi connectivity index (χ1v) is 4.16. The summed E-state index contributed by atoms with van der Waals surface area (Å²) in [6.07, 6.45) is 1.53. The molecule has 0 fully saturated rings. The van der Waals surface area contributed by atoms with Gasteiger partial charge < -0.3 is 11.1 Å². The zero-order chi connectivity index (χ0) is 9.68. The van der Waals surface area contributed by atoms with Gasteiger partial charge >= 0.3 is 0 Å². The van der Waals surface area contributed by atoms with Gasteiger partial charge in [-0.15, -0.1) is 0 Å². The van der Waals surface area contributed by atoms with Gasteiger partial charge in [0.15, 0.2) is 0 Å². The normalized spacial score (nSPS) is 9.31. The van der Waals surface area contributed by atoms with Gasteiger partial charge in [0.05, 0.1) is 5.56 Å².